The number of carboxylic acids is 1. The third-order valence-electron chi connectivity index (χ3n) is 6.13. The summed E-state index contributed by atoms with van der Waals surface area (Å²) >= 11 is 0. The molecule has 1 fully saturated rings. The summed E-state index contributed by atoms with van der Waals surface area (Å²) in [5, 5.41) is 20.2. The number of rotatable bonds is 19. The summed E-state index contributed by atoms with van der Waals surface area (Å²) in [6.07, 6.45) is 22.8. The van der Waals surface area contributed by atoms with Gasteiger partial charge >= 0.3 is 0 Å². The van der Waals surface area contributed by atoms with Gasteiger partial charge in [0.25, 0.3) is 0 Å². The third-order valence-corrected chi connectivity index (χ3v) is 6.13. The molecule has 1 heterocycles. The quantitative estimate of drug-likeness (QED) is 0.253. The van der Waals surface area contributed by atoms with Gasteiger partial charge in [0.2, 0.25) is 0 Å². The zero-order valence-corrected chi connectivity index (χ0v) is 18.9. The van der Waals surface area contributed by atoms with Crippen LogP contribution in [0.3, 0.4) is 0 Å². The first kappa shape index (κ1) is 26.1. The third kappa shape index (κ3) is 13.1. The van der Waals surface area contributed by atoms with Crippen molar-refractivity contribution in [2.24, 2.45) is 0 Å². The summed E-state index contributed by atoms with van der Waals surface area (Å²) < 4.78 is 0. The molecular weight excluding hydrogens is 364 g/mol. The van der Waals surface area contributed by atoms with Crippen molar-refractivity contribution < 1.29 is 19.9 Å². The molecule has 2 N–H and O–H groups in total. The molecule has 5 nitrogen and oxygen atoms in total. The van der Waals surface area contributed by atoms with Gasteiger partial charge < -0.3 is 19.9 Å². The minimum atomic E-state index is -0.972. The number of β-amino-alcohol motifs (C(OH)–C–C–N with tert-alkyl or cyclic N) is 1. The molecule has 0 spiro atoms. The number of aliphatic hydroxyl groups excluding tert-OH is 1. The van der Waals surface area contributed by atoms with Crippen LogP contribution in [-0.4, -0.2) is 54.9 Å². The Kier molecular flexibility index (Phi) is 16.1. The number of aliphatic hydroxyl groups is 1. The van der Waals surface area contributed by atoms with E-state index in [1.807, 2.05) is 0 Å². The van der Waals surface area contributed by atoms with E-state index in [1.54, 1.807) is 0 Å². The molecular formula is C24H46N2O3. The molecule has 0 aromatic heterocycles. The van der Waals surface area contributed by atoms with Crippen LogP contribution in [0.2, 0.25) is 0 Å². The van der Waals surface area contributed by atoms with Gasteiger partial charge in [0, 0.05) is 13.0 Å². The second-order valence-electron chi connectivity index (χ2n) is 8.61. The van der Waals surface area contributed by atoms with E-state index in [9.17, 15) is 15.0 Å². The minimum Gasteiger partial charge on any atom is -0.544 e. The van der Waals surface area contributed by atoms with E-state index in [4.69, 9.17) is 0 Å². The van der Waals surface area contributed by atoms with Crippen molar-refractivity contribution in [3.05, 3.63) is 12.2 Å². The average Bonchev–Trinajstić information content (AvgIpc) is 3.06. The van der Waals surface area contributed by atoms with Crippen molar-refractivity contribution in [3.63, 3.8) is 0 Å². The van der Waals surface area contributed by atoms with Crippen molar-refractivity contribution >= 4 is 5.97 Å². The van der Waals surface area contributed by atoms with E-state index in [1.165, 1.54) is 77.0 Å². The van der Waals surface area contributed by atoms with E-state index in [2.05, 4.69) is 24.0 Å². The van der Waals surface area contributed by atoms with Crippen LogP contribution in [0.25, 0.3) is 0 Å². The van der Waals surface area contributed by atoms with Gasteiger partial charge in [0.1, 0.15) is 12.7 Å². The molecule has 1 rings (SSSR count). The van der Waals surface area contributed by atoms with Gasteiger partial charge in [-0.25, -0.2) is 4.90 Å². The molecule has 1 saturated heterocycles. The molecule has 0 amide bonds. The van der Waals surface area contributed by atoms with Crippen molar-refractivity contribution in [3.8, 4) is 0 Å². The van der Waals surface area contributed by atoms with Gasteiger partial charge in [-0.1, -0.05) is 70.4 Å². The lowest BCUT2D eigenvalue weighted by atomic mass is 10.1. The Morgan fingerprint density at radius 3 is 2.17 bits per heavy atom. The maximum Gasteiger partial charge on any atom is 0.144 e. The number of quaternary nitrogens is 1. The van der Waals surface area contributed by atoms with Crippen LogP contribution < -0.4 is 10.0 Å². The van der Waals surface area contributed by atoms with Gasteiger partial charge in [-0.3, -0.25) is 0 Å². The zero-order valence-electron chi connectivity index (χ0n) is 18.9. The second-order valence-corrected chi connectivity index (χ2v) is 8.61. The standard InChI is InChI=1S/C24H46N2O3/c1-2-3-4-5-6-7-8-9-10-11-12-13-14-15-16-17-23-25(20-21-27)18-19-26(23)22-24(28)29/h9-10,23,27H,2-8,11-22H2,1H3,(H,28,29)/b10-9-. The van der Waals surface area contributed by atoms with Gasteiger partial charge in [0.15, 0.2) is 0 Å². The summed E-state index contributed by atoms with van der Waals surface area (Å²) in [4.78, 5) is 14.3. The molecule has 0 radical (unpaired) electrons. The van der Waals surface area contributed by atoms with Crippen molar-refractivity contribution in [2.75, 3.05) is 32.8 Å². The van der Waals surface area contributed by atoms with Crippen LogP contribution in [0.15, 0.2) is 12.2 Å². The number of carbonyl (C=O) groups is 1. The fraction of sp³-hybridized carbons (Fsp3) is 0.875. The number of nitrogens with zero attached hydrogens (tertiary/aromatic N) is 1. The summed E-state index contributed by atoms with van der Waals surface area (Å²) in [6.45, 7) is 4.84. The van der Waals surface area contributed by atoms with Crippen molar-refractivity contribution in [2.45, 2.75) is 103 Å². The van der Waals surface area contributed by atoms with E-state index in [0.29, 0.717) is 6.54 Å². The monoisotopic (exact) mass is 410 g/mol. The van der Waals surface area contributed by atoms with Crippen LogP contribution in [0.1, 0.15) is 96.8 Å². The Labute approximate surface area is 179 Å². The Morgan fingerprint density at radius 2 is 1.59 bits per heavy atom. The lowest BCUT2D eigenvalue weighted by Crippen LogP contribution is -3.15. The molecule has 0 aliphatic carbocycles. The maximum absolute atomic E-state index is 11.0. The molecule has 170 valence electrons. The summed E-state index contributed by atoms with van der Waals surface area (Å²) in [7, 11) is 0. The molecule has 2 unspecified atom stereocenters. The van der Waals surface area contributed by atoms with Gasteiger partial charge in [-0.05, 0) is 32.1 Å². The minimum absolute atomic E-state index is 0.0810. The van der Waals surface area contributed by atoms with Crippen molar-refractivity contribution in [1.82, 2.24) is 4.90 Å². The van der Waals surface area contributed by atoms with Crippen molar-refractivity contribution in [1.29, 1.82) is 0 Å². The Morgan fingerprint density at radius 1 is 1.00 bits per heavy atom. The van der Waals surface area contributed by atoms with E-state index < -0.39 is 5.97 Å². The molecule has 29 heavy (non-hydrogen) atoms. The fourth-order valence-corrected chi connectivity index (χ4v) is 4.45. The van der Waals surface area contributed by atoms with Gasteiger partial charge in [-0.2, -0.15) is 0 Å². The van der Waals surface area contributed by atoms with Gasteiger partial charge in [0.05, 0.1) is 25.7 Å². The topological polar surface area (TPSA) is 68.0 Å². The number of hydrogen-bond acceptors (Lipinski definition) is 4. The molecule has 0 saturated carbocycles. The summed E-state index contributed by atoms with van der Waals surface area (Å²) in [5.74, 6) is -0.972. The number of carboxylic acid groups (broad SMARTS) is 1. The zero-order chi connectivity index (χ0) is 21.2. The first-order valence-corrected chi connectivity index (χ1v) is 12.2. The highest BCUT2D eigenvalue weighted by Crippen LogP contribution is 2.12. The van der Waals surface area contributed by atoms with Crippen LogP contribution in [0, 0.1) is 0 Å². The Hall–Kier alpha value is -0.910. The smallest absolute Gasteiger partial charge is 0.144 e. The van der Waals surface area contributed by atoms with E-state index in [-0.39, 0.29) is 19.3 Å². The van der Waals surface area contributed by atoms with E-state index in [0.717, 1.165) is 30.8 Å². The van der Waals surface area contributed by atoms with Gasteiger partial charge in [-0.15, -0.1) is 0 Å². The Balaban J connectivity index is 2.01. The number of carbonyl (C=O) groups excluding carboxylic acids is 1. The van der Waals surface area contributed by atoms with E-state index >= 15 is 0 Å². The molecule has 0 aromatic carbocycles. The predicted octanol–water partition coefficient (Wildman–Crippen LogP) is 2.29. The lowest BCUT2D eigenvalue weighted by molar-refractivity contribution is -0.913. The normalized spacial score (nSPS) is 20.1. The molecule has 1 aliphatic rings. The highest BCUT2D eigenvalue weighted by atomic mass is 16.4. The summed E-state index contributed by atoms with van der Waals surface area (Å²) in [6, 6.07) is 0. The average molecular weight is 411 g/mol. The van der Waals surface area contributed by atoms with Crippen LogP contribution in [0.5, 0.6) is 0 Å². The molecule has 0 aromatic rings. The molecule has 5 heteroatoms. The number of nitrogens with one attached hydrogen (secondary N) is 1. The first-order chi connectivity index (χ1) is 14.2. The molecule has 1 aliphatic heterocycles. The van der Waals surface area contributed by atoms with Crippen LogP contribution >= 0.6 is 0 Å². The maximum atomic E-state index is 11.0. The highest BCUT2D eigenvalue weighted by molar-refractivity contribution is 5.65. The number of aliphatic carboxylic acids is 1. The number of allylic oxidation sites excluding steroid dienone is 2. The molecule has 0 bridgehead atoms. The number of unbranched alkanes of at least 4 members (excludes halogenated alkanes) is 11. The number of hydrogen-bond donors (Lipinski definition) is 2. The van der Waals surface area contributed by atoms with Crippen LogP contribution in [-0.2, 0) is 4.79 Å². The second kappa shape index (κ2) is 17.9. The fourth-order valence-electron chi connectivity index (χ4n) is 4.45. The molecule has 2 atom stereocenters. The lowest BCUT2D eigenvalue weighted by Gasteiger charge is -2.27. The summed E-state index contributed by atoms with van der Waals surface area (Å²) in [5.41, 5.74) is 0. The van der Waals surface area contributed by atoms with Crippen LogP contribution in [0.4, 0.5) is 0 Å². The highest BCUT2D eigenvalue weighted by Gasteiger charge is 2.34. The Bertz CT molecular complexity index is 428. The SMILES string of the molecule is CCCCCCCC/C=C\CCCCCCCC1N(CCO)CC[NH+]1CC(=O)[O-]. The largest absolute Gasteiger partial charge is 0.544 e. The predicted molar refractivity (Wildman–Crippen MR) is 118 cm³/mol. The first-order valence-electron chi connectivity index (χ1n) is 12.2.